The fourth-order valence-corrected chi connectivity index (χ4v) is 3.97. The van der Waals surface area contributed by atoms with Gasteiger partial charge in [0.2, 0.25) is 10.0 Å². The number of piperidine rings is 1. The predicted molar refractivity (Wildman–Crippen MR) is 79.9 cm³/mol. The Morgan fingerprint density at radius 3 is 2.65 bits per heavy atom. The number of sulfonamides is 1. The summed E-state index contributed by atoms with van der Waals surface area (Å²) < 4.78 is 40.3. The number of halogens is 4. The smallest absolute Gasteiger partial charge is 0.242 e. The second kappa shape index (κ2) is 7.24. The van der Waals surface area contributed by atoms with Gasteiger partial charge in [-0.15, -0.1) is 12.4 Å². The van der Waals surface area contributed by atoms with E-state index in [1.807, 2.05) is 0 Å². The molecule has 0 unspecified atom stereocenters. The van der Waals surface area contributed by atoms with Crippen LogP contribution in [0.5, 0.6) is 0 Å². The number of hydrogen-bond acceptors (Lipinski definition) is 3. The molecular formula is C11H14Cl3FN2O2S. The van der Waals surface area contributed by atoms with Crippen LogP contribution in [-0.2, 0) is 10.0 Å². The van der Waals surface area contributed by atoms with E-state index in [0.717, 1.165) is 19.4 Å². The highest BCUT2D eigenvalue weighted by molar-refractivity contribution is 7.89. The van der Waals surface area contributed by atoms with Crippen molar-refractivity contribution < 1.29 is 12.8 Å². The van der Waals surface area contributed by atoms with Crippen molar-refractivity contribution in [2.45, 2.75) is 23.8 Å². The molecule has 0 radical (unpaired) electrons. The lowest BCUT2D eigenvalue weighted by Crippen LogP contribution is -2.45. The van der Waals surface area contributed by atoms with Crippen LogP contribution in [0.4, 0.5) is 4.39 Å². The van der Waals surface area contributed by atoms with Gasteiger partial charge in [0.1, 0.15) is 4.90 Å². The van der Waals surface area contributed by atoms with Crippen LogP contribution in [0.3, 0.4) is 0 Å². The summed E-state index contributed by atoms with van der Waals surface area (Å²) in [5.41, 5.74) is 0. The zero-order valence-electron chi connectivity index (χ0n) is 10.3. The average molecular weight is 364 g/mol. The van der Waals surface area contributed by atoms with Gasteiger partial charge in [-0.3, -0.25) is 0 Å². The third-order valence-corrected chi connectivity index (χ3v) is 5.24. The average Bonchev–Trinajstić information content (AvgIpc) is 2.36. The minimum absolute atomic E-state index is 0. The molecule has 1 aromatic carbocycles. The highest BCUT2D eigenvalue weighted by Gasteiger charge is 2.25. The monoisotopic (exact) mass is 362 g/mol. The Labute approximate surface area is 133 Å². The molecule has 1 aliphatic rings. The number of nitrogens with one attached hydrogen (secondary N) is 2. The molecule has 0 aromatic heterocycles. The third kappa shape index (κ3) is 3.96. The molecule has 1 aromatic rings. The van der Waals surface area contributed by atoms with Gasteiger partial charge in [-0.25, -0.2) is 17.5 Å². The second-order valence-corrected chi connectivity index (χ2v) is 6.81. The fourth-order valence-electron chi connectivity index (χ4n) is 1.95. The summed E-state index contributed by atoms with van der Waals surface area (Å²) in [5.74, 6) is -0.923. The molecule has 9 heteroatoms. The SMILES string of the molecule is Cl.O=S(=O)(N[C@H]1CCCNC1)c1ccc(Cl)c(F)c1Cl. The van der Waals surface area contributed by atoms with Crippen molar-refractivity contribution in [2.75, 3.05) is 13.1 Å². The standard InChI is InChI=1S/C11H13Cl2FN2O2S.ClH/c12-8-3-4-9(10(13)11(8)14)19(17,18)16-7-2-1-5-15-6-7;/h3-4,7,15-16H,1-2,5-6H2;1H/t7-;/m0./s1. The van der Waals surface area contributed by atoms with Crippen molar-refractivity contribution in [3.63, 3.8) is 0 Å². The molecule has 0 aliphatic carbocycles. The van der Waals surface area contributed by atoms with Gasteiger partial charge in [-0.2, -0.15) is 0 Å². The molecule has 4 nitrogen and oxygen atoms in total. The van der Waals surface area contributed by atoms with E-state index in [2.05, 4.69) is 10.0 Å². The first-order valence-electron chi connectivity index (χ1n) is 5.78. The van der Waals surface area contributed by atoms with Gasteiger partial charge < -0.3 is 5.32 Å². The van der Waals surface area contributed by atoms with Crippen molar-refractivity contribution in [2.24, 2.45) is 0 Å². The predicted octanol–water partition coefficient (Wildman–Crippen LogP) is 2.58. The van der Waals surface area contributed by atoms with Gasteiger partial charge in [0.05, 0.1) is 10.0 Å². The first-order valence-corrected chi connectivity index (χ1v) is 8.02. The third-order valence-electron chi connectivity index (χ3n) is 2.91. The number of rotatable bonds is 3. The second-order valence-electron chi connectivity index (χ2n) is 4.34. The lowest BCUT2D eigenvalue weighted by atomic mass is 10.1. The number of hydrogen-bond donors (Lipinski definition) is 2. The maximum Gasteiger partial charge on any atom is 0.242 e. The topological polar surface area (TPSA) is 58.2 Å². The molecule has 20 heavy (non-hydrogen) atoms. The van der Waals surface area contributed by atoms with Gasteiger partial charge >= 0.3 is 0 Å². The van der Waals surface area contributed by atoms with Crippen molar-refractivity contribution >= 4 is 45.6 Å². The molecule has 1 aliphatic heterocycles. The Morgan fingerprint density at radius 2 is 2.05 bits per heavy atom. The van der Waals surface area contributed by atoms with Crippen LogP contribution in [0, 0.1) is 5.82 Å². The van der Waals surface area contributed by atoms with Crippen molar-refractivity contribution in [3.05, 3.63) is 28.0 Å². The maximum absolute atomic E-state index is 13.5. The molecule has 2 rings (SSSR count). The molecule has 1 fully saturated rings. The van der Waals surface area contributed by atoms with Gasteiger partial charge in [0.25, 0.3) is 0 Å². The Hall–Kier alpha value is -0.110. The summed E-state index contributed by atoms with van der Waals surface area (Å²) in [6.07, 6.45) is 1.62. The van der Waals surface area contributed by atoms with Crippen molar-refractivity contribution in [1.29, 1.82) is 0 Å². The molecule has 0 saturated carbocycles. The summed E-state index contributed by atoms with van der Waals surface area (Å²) in [5, 5.41) is 2.40. The zero-order chi connectivity index (χ0) is 14.0. The quantitative estimate of drug-likeness (QED) is 0.812. The zero-order valence-corrected chi connectivity index (χ0v) is 13.5. The molecule has 0 bridgehead atoms. The van der Waals surface area contributed by atoms with E-state index < -0.39 is 20.9 Å². The minimum atomic E-state index is -3.85. The molecule has 1 saturated heterocycles. The van der Waals surface area contributed by atoms with Crippen molar-refractivity contribution in [3.8, 4) is 0 Å². The van der Waals surface area contributed by atoms with E-state index in [-0.39, 0.29) is 28.4 Å². The van der Waals surface area contributed by atoms with Gasteiger partial charge in [0.15, 0.2) is 5.82 Å². The van der Waals surface area contributed by atoms with E-state index in [0.29, 0.717) is 6.54 Å². The molecule has 114 valence electrons. The van der Waals surface area contributed by atoms with Gasteiger partial charge in [-0.05, 0) is 31.5 Å². The minimum Gasteiger partial charge on any atom is -0.315 e. The van der Waals surface area contributed by atoms with Crippen LogP contribution in [0.1, 0.15) is 12.8 Å². The molecule has 1 heterocycles. The largest absolute Gasteiger partial charge is 0.315 e. The lowest BCUT2D eigenvalue weighted by Gasteiger charge is -2.23. The summed E-state index contributed by atoms with van der Waals surface area (Å²) >= 11 is 11.2. The Bertz CT molecular complexity index is 577. The van der Waals surface area contributed by atoms with E-state index in [9.17, 15) is 12.8 Å². The Balaban J connectivity index is 0.00000200. The van der Waals surface area contributed by atoms with Crippen LogP contribution in [0.25, 0.3) is 0 Å². The van der Waals surface area contributed by atoms with Crippen molar-refractivity contribution in [1.82, 2.24) is 10.0 Å². The summed E-state index contributed by atoms with van der Waals surface area (Å²) in [6, 6.07) is 2.16. The summed E-state index contributed by atoms with van der Waals surface area (Å²) in [6.45, 7) is 1.42. The van der Waals surface area contributed by atoms with E-state index in [1.165, 1.54) is 12.1 Å². The van der Waals surface area contributed by atoms with E-state index >= 15 is 0 Å². The van der Waals surface area contributed by atoms with Crippen LogP contribution >= 0.6 is 35.6 Å². The van der Waals surface area contributed by atoms with Crippen LogP contribution < -0.4 is 10.0 Å². The lowest BCUT2D eigenvalue weighted by molar-refractivity contribution is 0.428. The Kier molecular flexibility index (Phi) is 6.50. The molecule has 0 amide bonds. The number of benzene rings is 1. The highest BCUT2D eigenvalue weighted by atomic mass is 35.5. The molecular weight excluding hydrogens is 350 g/mol. The molecule has 2 N–H and O–H groups in total. The molecule has 0 spiro atoms. The maximum atomic E-state index is 13.5. The molecule has 1 atom stereocenters. The van der Waals surface area contributed by atoms with Gasteiger partial charge in [-0.1, -0.05) is 23.2 Å². The normalized spacial score (nSPS) is 19.4. The fraction of sp³-hybridized carbons (Fsp3) is 0.455. The summed E-state index contributed by atoms with van der Waals surface area (Å²) in [4.78, 5) is -0.290. The Morgan fingerprint density at radius 1 is 1.35 bits per heavy atom. The first-order chi connectivity index (χ1) is 8.92. The van der Waals surface area contributed by atoms with Crippen LogP contribution in [0.2, 0.25) is 10.0 Å². The summed E-state index contributed by atoms with van der Waals surface area (Å²) in [7, 11) is -3.85. The van der Waals surface area contributed by atoms with Gasteiger partial charge in [0, 0.05) is 12.6 Å². The highest BCUT2D eigenvalue weighted by Crippen LogP contribution is 2.29. The first kappa shape index (κ1) is 17.9. The van der Waals surface area contributed by atoms with Crippen LogP contribution in [-0.4, -0.2) is 27.5 Å². The van der Waals surface area contributed by atoms with E-state index in [1.54, 1.807) is 0 Å². The van der Waals surface area contributed by atoms with E-state index in [4.69, 9.17) is 23.2 Å². The van der Waals surface area contributed by atoms with Crippen LogP contribution in [0.15, 0.2) is 17.0 Å².